The van der Waals surface area contributed by atoms with Gasteiger partial charge in [0, 0.05) is 22.1 Å². The fourth-order valence-electron chi connectivity index (χ4n) is 2.72. The highest BCUT2D eigenvalue weighted by atomic mass is 79.9. The number of rotatable bonds is 9. The van der Waals surface area contributed by atoms with Crippen LogP contribution in [0.25, 0.3) is 10.8 Å². The number of fused-ring (bicyclic) bond motifs is 1. The van der Waals surface area contributed by atoms with Crippen LogP contribution in [0.4, 0.5) is 5.69 Å². The van der Waals surface area contributed by atoms with E-state index in [1.54, 1.807) is 0 Å². The van der Waals surface area contributed by atoms with E-state index >= 15 is 0 Å². The minimum absolute atomic E-state index is 1.07. The van der Waals surface area contributed by atoms with Crippen molar-refractivity contribution in [3.05, 3.63) is 40.9 Å². The number of anilines is 1. The van der Waals surface area contributed by atoms with Gasteiger partial charge in [-0.25, -0.2) is 0 Å². The van der Waals surface area contributed by atoms with Crippen LogP contribution in [0.5, 0.6) is 0 Å². The third kappa shape index (κ3) is 5.03. The molecule has 2 aromatic rings. The lowest BCUT2D eigenvalue weighted by Gasteiger charge is -2.11. The molecule has 0 aliphatic heterocycles. The van der Waals surface area contributed by atoms with Crippen LogP contribution < -0.4 is 5.32 Å². The average molecular weight is 348 g/mol. The zero-order chi connectivity index (χ0) is 14.9. The van der Waals surface area contributed by atoms with Gasteiger partial charge in [-0.1, -0.05) is 85.6 Å². The van der Waals surface area contributed by atoms with Gasteiger partial charge in [-0.15, -0.1) is 0 Å². The van der Waals surface area contributed by atoms with Gasteiger partial charge in [0.25, 0.3) is 0 Å². The fraction of sp³-hybridized carbons (Fsp3) is 0.474. The van der Waals surface area contributed by atoms with E-state index in [1.807, 2.05) is 0 Å². The van der Waals surface area contributed by atoms with E-state index in [4.69, 9.17) is 0 Å². The molecule has 0 fully saturated rings. The predicted octanol–water partition coefficient (Wildman–Crippen LogP) is 6.76. The van der Waals surface area contributed by atoms with Gasteiger partial charge in [0.05, 0.1) is 0 Å². The van der Waals surface area contributed by atoms with E-state index in [0.29, 0.717) is 0 Å². The summed E-state index contributed by atoms with van der Waals surface area (Å²) in [6.07, 6.45) is 9.50. The van der Waals surface area contributed by atoms with Crippen molar-refractivity contribution in [1.82, 2.24) is 0 Å². The Kier molecular flexibility index (Phi) is 7.08. The Morgan fingerprint density at radius 2 is 1.48 bits per heavy atom. The molecule has 0 bridgehead atoms. The zero-order valence-electron chi connectivity index (χ0n) is 13.0. The van der Waals surface area contributed by atoms with Gasteiger partial charge in [-0.3, -0.25) is 0 Å². The second-order valence-electron chi connectivity index (χ2n) is 5.69. The molecule has 0 aliphatic carbocycles. The third-order valence-electron chi connectivity index (χ3n) is 3.97. The molecule has 2 rings (SSSR count). The smallest absolute Gasteiger partial charge is 0.0420 e. The van der Waals surface area contributed by atoms with Crippen molar-refractivity contribution in [3.63, 3.8) is 0 Å². The van der Waals surface area contributed by atoms with Gasteiger partial charge in [-0.2, -0.15) is 0 Å². The second kappa shape index (κ2) is 9.09. The summed E-state index contributed by atoms with van der Waals surface area (Å²) >= 11 is 3.63. The van der Waals surface area contributed by atoms with Gasteiger partial charge < -0.3 is 5.32 Å². The Hall–Kier alpha value is -1.02. The molecule has 0 amide bonds. The van der Waals surface area contributed by atoms with Gasteiger partial charge in [0.15, 0.2) is 0 Å². The first-order valence-electron chi connectivity index (χ1n) is 8.24. The molecular formula is C19H26BrN. The van der Waals surface area contributed by atoms with Gasteiger partial charge in [-0.05, 0) is 23.9 Å². The zero-order valence-corrected chi connectivity index (χ0v) is 14.6. The third-order valence-corrected chi connectivity index (χ3v) is 4.66. The summed E-state index contributed by atoms with van der Waals surface area (Å²) in [5, 5.41) is 6.18. The van der Waals surface area contributed by atoms with Crippen molar-refractivity contribution in [1.29, 1.82) is 0 Å². The minimum Gasteiger partial charge on any atom is -0.385 e. The first-order chi connectivity index (χ1) is 10.3. The summed E-state index contributed by atoms with van der Waals surface area (Å²) in [5.74, 6) is 0. The largest absolute Gasteiger partial charge is 0.385 e. The van der Waals surface area contributed by atoms with Crippen LogP contribution in [0.15, 0.2) is 40.9 Å². The van der Waals surface area contributed by atoms with E-state index in [1.165, 1.54) is 65.9 Å². The SMILES string of the molecule is CCCCCCCCCNc1ccc(Br)c2ccccc12. The highest BCUT2D eigenvalue weighted by Gasteiger charge is 2.03. The maximum Gasteiger partial charge on any atom is 0.0420 e. The molecule has 0 spiro atoms. The fourth-order valence-corrected chi connectivity index (χ4v) is 3.20. The van der Waals surface area contributed by atoms with Crippen molar-refractivity contribution in [2.75, 3.05) is 11.9 Å². The van der Waals surface area contributed by atoms with E-state index in [-0.39, 0.29) is 0 Å². The molecule has 114 valence electrons. The van der Waals surface area contributed by atoms with Crippen molar-refractivity contribution < 1.29 is 0 Å². The lowest BCUT2D eigenvalue weighted by atomic mass is 10.1. The highest BCUT2D eigenvalue weighted by molar-refractivity contribution is 9.10. The molecule has 0 radical (unpaired) electrons. The summed E-state index contributed by atoms with van der Waals surface area (Å²) in [6, 6.07) is 12.9. The van der Waals surface area contributed by atoms with Crippen molar-refractivity contribution >= 4 is 32.4 Å². The van der Waals surface area contributed by atoms with Crippen molar-refractivity contribution in [2.45, 2.75) is 51.9 Å². The van der Waals surface area contributed by atoms with E-state index < -0.39 is 0 Å². The molecular weight excluding hydrogens is 322 g/mol. The molecule has 1 N–H and O–H groups in total. The molecule has 0 saturated carbocycles. The van der Waals surface area contributed by atoms with Crippen LogP contribution in [0.3, 0.4) is 0 Å². The maximum atomic E-state index is 3.63. The quantitative estimate of drug-likeness (QED) is 0.493. The topological polar surface area (TPSA) is 12.0 Å². The standard InChI is InChI=1S/C19H26BrN/c1-2-3-4-5-6-7-10-15-21-19-14-13-18(20)16-11-8-9-12-17(16)19/h8-9,11-14,21H,2-7,10,15H2,1H3. The Morgan fingerprint density at radius 1 is 0.810 bits per heavy atom. The number of nitrogens with one attached hydrogen (secondary N) is 1. The van der Waals surface area contributed by atoms with Crippen molar-refractivity contribution in [2.24, 2.45) is 0 Å². The number of unbranched alkanes of at least 4 members (excludes halogenated alkanes) is 6. The molecule has 2 aromatic carbocycles. The van der Waals surface area contributed by atoms with Crippen LogP contribution in [0.2, 0.25) is 0 Å². The summed E-state index contributed by atoms with van der Waals surface area (Å²) < 4.78 is 1.17. The lowest BCUT2D eigenvalue weighted by molar-refractivity contribution is 0.596. The van der Waals surface area contributed by atoms with E-state index in [2.05, 4.69) is 64.6 Å². The van der Waals surface area contributed by atoms with Crippen LogP contribution in [0.1, 0.15) is 51.9 Å². The van der Waals surface area contributed by atoms with Crippen molar-refractivity contribution in [3.8, 4) is 0 Å². The average Bonchev–Trinajstić information content (AvgIpc) is 2.52. The molecule has 2 heteroatoms. The summed E-state index contributed by atoms with van der Waals surface area (Å²) in [5.41, 5.74) is 1.25. The lowest BCUT2D eigenvalue weighted by Crippen LogP contribution is -2.02. The first-order valence-corrected chi connectivity index (χ1v) is 9.03. The van der Waals surface area contributed by atoms with E-state index in [9.17, 15) is 0 Å². The Morgan fingerprint density at radius 3 is 2.24 bits per heavy atom. The van der Waals surface area contributed by atoms with Gasteiger partial charge in [0.1, 0.15) is 0 Å². The molecule has 21 heavy (non-hydrogen) atoms. The summed E-state index contributed by atoms with van der Waals surface area (Å²) in [6.45, 7) is 3.34. The van der Waals surface area contributed by atoms with Gasteiger partial charge >= 0.3 is 0 Å². The minimum atomic E-state index is 1.07. The van der Waals surface area contributed by atoms with Crippen LogP contribution in [-0.4, -0.2) is 6.54 Å². The Labute approximate surface area is 137 Å². The number of benzene rings is 2. The molecule has 0 aliphatic rings. The van der Waals surface area contributed by atoms with Crippen LogP contribution in [0, 0.1) is 0 Å². The van der Waals surface area contributed by atoms with E-state index in [0.717, 1.165) is 6.54 Å². The molecule has 0 saturated heterocycles. The Balaban J connectivity index is 1.78. The second-order valence-corrected chi connectivity index (χ2v) is 6.54. The number of hydrogen-bond acceptors (Lipinski definition) is 1. The van der Waals surface area contributed by atoms with Gasteiger partial charge in [0.2, 0.25) is 0 Å². The highest BCUT2D eigenvalue weighted by Crippen LogP contribution is 2.29. The Bertz CT molecular complexity index is 550. The summed E-state index contributed by atoms with van der Waals surface area (Å²) in [4.78, 5) is 0. The number of hydrogen-bond donors (Lipinski definition) is 1. The molecule has 0 aromatic heterocycles. The monoisotopic (exact) mass is 347 g/mol. The summed E-state index contributed by atoms with van der Waals surface area (Å²) in [7, 11) is 0. The number of halogens is 1. The van der Waals surface area contributed by atoms with Crippen LogP contribution >= 0.6 is 15.9 Å². The predicted molar refractivity (Wildman–Crippen MR) is 98.1 cm³/mol. The normalized spacial score (nSPS) is 11.0. The van der Waals surface area contributed by atoms with Crippen LogP contribution in [-0.2, 0) is 0 Å². The molecule has 0 heterocycles. The first kappa shape index (κ1) is 16.4. The maximum absolute atomic E-state index is 3.63. The molecule has 0 atom stereocenters. The molecule has 1 nitrogen and oxygen atoms in total. The molecule has 0 unspecified atom stereocenters.